The third-order valence-corrected chi connectivity index (χ3v) is 4.80. The largest absolute Gasteiger partial charge is 0.506 e. The molecule has 0 atom stereocenters. The van der Waals surface area contributed by atoms with Gasteiger partial charge < -0.3 is 5.11 Å². The number of hydrazone groups is 1. The van der Waals surface area contributed by atoms with Crippen molar-refractivity contribution in [3.05, 3.63) is 67.1 Å². The summed E-state index contributed by atoms with van der Waals surface area (Å²) in [4.78, 5) is 14.8. The first-order chi connectivity index (χ1) is 12.0. The average Bonchev–Trinajstić information content (AvgIpc) is 3.08. The van der Waals surface area contributed by atoms with E-state index in [4.69, 9.17) is 0 Å². The number of anilines is 1. The fourth-order valence-corrected chi connectivity index (χ4v) is 3.33. The molecule has 0 aliphatic heterocycles. The molecule has 0 saturated carbocycles. The van der Waals surface area contributed by atoms with E-state index < -0.39 is 4.92 Å². The number of phenolic OH excluding ortho intramolecular Hbond substituents is 1. The molecule has 1 aromatic heterocycles. The number of benzene rings is 2. The smallest absolute Gasteiger partial charge is 0.271 e. The summed E-state index contributed by atoms with van der Waals surface area (Å²) in [6.45, 7) is 0. The van der Waals surface area contributed by atoms with Gasteiger partial charge in [0.25, 0.3) is 5.69 Å². The van der Waals surface area contributed by atoms with Gasteiger partial charge in [-0.2, -0.15) is 5.10 Å². The zero-order valence-electron chi connectivity index (χ0n) is 12.6. The lowest BCUT2D eigenvalue weighted by Gasteiger charge is -2.02. The van der Waals surface area contributed by atoms with Crippen LogP contribution in [-0.2, 0) is 0 Å². The number of non-ortho nitro benzene ring substituents is 1. The summed E-state index contributed by atoms with van der Waals surface area (Å²) in [6.07, 6.45) is 1.33. The third-order valence-electron chi connectivity index (χ3n) is 3.23. The SMILES string of the molecule is O=[N+]([O-])c1cc(I)c(O)c(C=NNc2nc(-c3ccccc3)cs2)c1. The van der Waals surface area contributed by atoms with Crippen molar-refractivity contribution in [2.24, 2.45) is 5.10 Å². The van der Waals surface area contributed by atoms with Crippen molar-refractivity contribution < 1.29 is 10.0 Å². The van der Waals surface area contributed by atoms with Gasteiger partial charge in [0.15, 0.2) is 0 Å². The molecule has 9 heteroatoms. The lowest BCUT2D eigenvalue weighted by atomic mass is 10.2. The summed E-state index contributed by atoms with van der Waals surface area (Å²) in [7, 11) is 0. The molecular weight excluding hydrogens is 455 g/mol. The van der Waals surface area contributed by atoms with E-state index in [0.29, 0.717) is 8.70 Å². The normalized spacial score (nSPS) is 10.9. The quantitative estimate of drug-likeness (QED) is 0.250. The van der Waals surface area contributed by atoms with Gasteiger partial charge in [-0.3, -0.25) is 15.5 Å². The van der Waals surface area contributed by atoms with Crippen LogP contribution in [0.2, 0.25) is 0 Å². The molecule has 25 heavy (non-hydrogen) atoms. The number of halogens is 1. The first-order valence-corrected chi connectivity index (χ1v) is 8.97. The number of nitro groups is 1. The van der Waals surface area contributed by atoms with Crippen molar-refractivity contribution in [2.45, 2.75) is 0 Å². The fourth-order valence-electron chi connectivity index (χ4n) is 2.03. The number of aromatic hydroxyl groups is 1. The van der Waals surface area contributed by atoms with Gasteiger partial charge in [0.2, 0.25) is 5.13 Å². The van der Waals surface area contributed by atoms with Crippen LogP contribution in [0.1, 0.15) is 5.56 Å². The van der Waals surface area contributed by atoms with Gasteiger partial charge in [-0.05, 0) is 22.6 Å². The summed E-state index contributed by atoms with van der Waals surface area (Å²) in [5.74, 6) is -0.0548. The van der Waals surface area contributed by atoms with Crippen LogP contribution < -0.4 is 5.43 Å². The maximum atomic E-state index is 10.9. The van der Waals surface area contributed by atoms with Crippen LogP contribution in [0.3, 0.4) is 0 Å². The lowest BCUT2D eigenvalue weighted by molar-refractivity contribution is -0.385. The van der Waals surface area contributed by atoms with Crippen molar-refractivity contribution in [2.75, 3.05) is 5.43 Å². The number of nitrogens with zero attached hydrogens (tertiary/aromatic N) is 3. The Morgan fingerprint density at radius 2 is 2.08 bits per heavy atom. The second-order valence-electron chi connectivity index (χ2n) is 4.90. The molecule has 1 heterocycles. The van der Waals surface area contributed by atoms with E-state index in [2.05, 4.69) is 15.5 Å². The number of thiazole rings is 1. The Balaban J connectivity index is 1.76. The second kappa shape index (κ2) is 7.57. The minimum absolute atomic E-state index is 0.0548. The first-order valence-electron chi connectivity index (χ1n) is 7.01. The predicted molar refractivity (Wildman–Crippen MR) is 106 cm³/mol. The molecule has 3 aromatic rings. The monoisotopic (exact) mass is 466 g/mol. The van der Waals surface area contributed by atoms with E-state index in [1.54, 1.807) is 0 Å². The van der Waals surface area contributed by atoms with Crippen LogP contribution in [0, 0.1) is 13.7 Å². The Bertz CT molecular complexity index is 944. The molecule has 0 radical (unpaired) electrons. The molecule has 0 fully saturated rings. The number of nitro benzene ring substituents is 1. The van der Waals surface area contributed by atoms with Crippen molar-refractivity contribution in [3.63, 3.8) is 0 Å². The lowest BCUT2D eigenvalue weighted by Crippen LogP contribution is -1.95. The van der Waals surface area contributed by atoms with Crippen LogP contribution in [0.4, 0.5) is 10.8 Å². The Labute approximate surface area is 160 Å². The number of nitrogens with one attached hydrogen (secondary N) is 1. The standard InChI is InChI=1S/C16H11IN4O3S/c17-13-7-12(21(23)24)6-11(15(13)22)8-18-20-16-19-14(9-25-16)10-4-2-1-3-5-10/h1-9,22H,(H,19,20). The van der Waals surface area contributed by atoms with Crippen molar-refractivity contribution in [3.8, 4) is 17.0 Å². The second-order valence-corrected chi connectivity index (χ2v) is 6.92. The van der Waals surface area contributed by atoms with Crippen molar-refractivity contribution in [1.29, 1.82) is 0 Å². The van der Waals surface area contributed by atoms with Gasteiger partial charge in [0.05, 0.1) is 20.4 Å². The van der Waals surface area contributed by atoms with Crippen LogP contribution in [-0.4, -0.2) is 21.2 Å². The molecule has 3 rings (SSSR count). The van der Waals surface area contributed by atoms with Crippen LogP contribution in [0.15, 0.2) is 52.9 Å². The van der Waals surface area contributed by atoms with Gasteiger partial charge in [-0.1, -0.05) is 30.3 Å². The molecule has 0 saturated heterocycles. The maximum absolute atomic E-state index is 10.9. The van der Waals surface area contributed by atoms with Gasteiger partial charge in [-0.15, -0.1) is 11.3 Å². The topological polar surface area (TPSA) is 101 Å². The van der Waals surface area contributed by atoms with Crippen LogP contribution in [0.25, 0.3) is 11.3 Å². The highest BCUT2D eigenvalue weighted by Crippen LogP contribution is 2.29. The highest BCUT2D eigenvalue weighted by Gasteiger charge is 2.13. The highest BCUT2D eigenvalue weighted by molar-refractivity contribution is 14.1. The van der Waals surface area contributed by atoms with E-state index in [1.165, 1.54) is 29.7 Å². The van der Waals surface area contributed by atoms with Gasteiger partial charge in [0.1, 0.15) is 5.75 Å². The molecule has 0 unspecified atom stereocenters. The molecule has 0 aliphatic rings. The third kappa shape index (κ3) is 4.12. The van der Waals surface area contributed by atoms with E-state index in [9.17, 15) is 15.2 Å². The Morgan fingerprint density at radius 1 is 1.32 bits per heavy atom. The summed E-state index contributed by atoms with van der Waals surface area (Å²) < 4.78 is 0.383. The number of rotatable bonds is 5. The zero-order valence-corrected chi connectivity index (χ0v) is 15.6. The van der Waals surface area contributed by atoms with Gasteiger partial charge in [0, 0.05) is 28.6 Å². The average molecular weight is 466 g/mol. The van der Waals surface area contributed by atoms with Gasteiger partial charge >= 0.3 is 0 Å². The van der Waals surface area contributed by atoms with E-state index in [1.807, 2.05) is 58.3 Å². The Hall–Kier alpha value is -2.53. The van der Waals surface area contributed by atoms with E-state index in [0.717, 1.165) is 11.3 Å². The Kier molecular flexibility index (Phi) is 5.24. The minimum atomic E-state index is -0.515. The van der Waals surface area contributed by atoms with Gasteiger partial charge in [-0.25, -0.2) is 4.98 Å². The summed E-state index contributed by atoms with van der Waals surface area (Å²) in [5.41, 5.74) is 4.75. The van der Waals surface area contributed by atoms with Crippen molar-refractivity contribution in [1.82, 2.24) is 4.98 Å². The van der Waals surface area contributed by atoms with E-state index in [-0.39, 0.29) is 17.0 Å². The van der Waals surface area contributed by atoms with Crippen LogP contribution in [0.5, 0.6) is 5.75 Å². The predicted octanol–water partition coefficient (Wildman–Crippen LogP) is 4.47. The molecule has 7 nitrogen and oxygen atoms in total. The van der Waals surface area contributed by atoms with Crippen molar-refractivity contribution >= 4 is 51.0 Å². The molecule has 126 valence electrons. The van der Waals surface area contributed by atoms with E-state index >= 15 is 0 Å². The first kappa shape index (κ1) is 17.3. The molecule has 0 aliphatic carbocycles. The number of phenols is 1. The number of hydrogen-bond acceptors (Lipinski definition) is 7. The molecule has 0 bridgehead atoms. The van der Waals surface area contributed by atoms with Crippen LogP contribution >= 0.6 is 33.9 Å². The molecular formula is C16H11IN4O3S. The molecule has 0 spiro atoms. The Morgan fingerprint density at radius 3 is 2.80 bits per heavy atom. The molecule has 0 amide bonds. The fraction of sp³-hybridized carbons (Fsp3) is 0. The number of aromatic nitrogens is 1. The molecule has 2 N–H and O–H groups in total. The highest BCUT2D eigenvalue weighted by atomic mass is 127. The summed E-state index contributed by atoms with van der Waals surface area (Å²) >= 11 is 3.22. The number of hydrogen-bond donors (Lipinski definition) is 2. The minimum Gasteiger partial charge on any atom is -0.506 e. The zero-order chi connectivity index (χ0) is 17.8. The summed E-state index contributed by atoms with van der Waals surface area (Å²) in [6, 6.07) is 12.3. The molecule has 2 aromatic carbocycles. The summed E-state index contributed by atoms with van der Waals surface area (Å²) in [5, 5.41) is 27.4. The maximum Gasteiger partial charge on any atom is 0.271 e.